The van der Waals surface area contributed by atoms with Crippen LogP contribution in [0.25, 0.3) is 0 Å². The number of hydrogen-bond donors (Lipinski definition) is 1. The standard InChI is InChI=1S/C13H20N2O2.2C2H6/c14-12-2-4-13(5-3-12)17-9-1-6-15-7-10-16-11-8-15;2*1-2/h2-5H,1,6-11,14H2;2*1-2H3. The van der Waals surface area contributed by atoms with Crippen molar-refractivity contribution < 1.29 is 9.47 Å². The molecule has 1 heterocycles. The van der Waals surface area contributed by atoms with Gasteiger partial charge >= 0.3 is 0 Å². The molecule has 0 saturated carbocycles. The van der Waals surface area contributed by atoms with Gasteiger partial charge in [0.15, 0.2) is 0 Å². The molecule has 0 radical (unpaired) electrons. The van der Waals surface area contributed by atoms with Crippen LogP contribution in [0, 0.1) is 0 Å². The van der Waals surface area contributed by atoms with E-state index in [-0.39, 0.29) is 0 Å². The second-order valence-corrected chi connectivity index (χ2v) is 4.23. The van der Waals surface area contributed by atoms with E-state index >= 15 is 0 Å². The maximum atomic E-state index is 5.64. The molecule has 1 aliphatic heterocycles. The molecule has 1 aromatic rings. The predicted molar refractivity (Wildman–Crippen MR) is 90.9 cm³/mol. The monoisotopic (exact) mass is 296 g/mol. The van der Waals surface area contributed by atoms with E-state index in [4.69, 9.17) is 15.2 Å². The summed E-state index contributed by atoms with van der Waals surface area (Å²) in [5.41, 5.74) is 6.37. The average Bonchev–Trinajstić information content (AvgIpc) is 2.58. The quantitative estimate of drug-likeness (QED) is 0.668. The Morgan fingerprint density at radius 3 is 2.19 bits per heavy atom. The molecular weight excluding hydrogens is 264 g/mol. The molecule has 21 heavy (non-hydrogen) atoms. The zero-order valence-electron chi connectivity index (χ0n) is 14.1. The number of ether oxygens (including phenoxy) is 2. The van der Waals surface area contributed by atoms with Gasteiger partial charge in [0, 0.05) is 25.3 Å². The van der Waals surface area contributed by atoms with Gasteiger partial charge in [0.05, 0.1) is 19.8 Å². The summed E-state index contributed by atoms with van der Waals surface area (Å²) in [5, 5.41) is 0. The SMILES string of the molecule is CC.CC.Nc1ccc(OCCCN2CCOCC2)cc1. The lowest BCUT2D eigenvalue weighted by atomic mass is 10.3. The van der Waals surface area contributed by atoms with Gasteiger partial charge in [-0.05, 0) is 30.7 Å². The van der Waals surface area contributed by atoms with E-state index in [1.165, 1.54) is 0 Å². The molecule has 0 unspecified atom stereocenters. The third kappa shape index (κ3) is 9.32. The first-order valence-corrected chi connectivity index (χ1v) is 8.13. The van der Waals surface area contributed by atoms with Gasteiger partial charge in [0.2, 0.25) is 0 Å². The van der Waals surface area contributed by atoms with Gasteiger partial charge < -0.3 is 15.2 Å². The molecule has 1 fully saturated rings. The number of nitrogens with zero attached hydrogens (tertiary/aromatic N) is 1. The second kappa shape index (κ2) is 13.7. The molecule has 122 valence electrons. The molecule has 0 aromatic heterocycles. The topological polar surface area (TPSA) is 47.7 Å². The van der Waals surface area contributed by atoms with Crippen LogP contribution in [0.3, 0.4) is 0 Å². The Morgan fingerprint density at radius 1 is 1.05 bits per heavy atom. The summed E-state index contributed by atoms with van der Waals surface area (Å²) in [7, 11) is 0. The van der Waals surface area contributed by atoms with Gasteiger partial charge in [-0.1, -0.05) is 27.7 Å². The van der Waals surface area contributed by atoms with Gasteiger partial charge in [-0.3, -0.25) is 4.90 Å². The maximum absolute atomic E-state index is 5.64. The van der Waals surface area contributed by atoms with Crippen LogP contribution in [0.1, 0.15) is 34.1 Å². The largest absolute Gasteiger partial charge is 0.494 e. The van der Waals surface area contributed by atoms with Crippen molar-refractivity contribution in [1.29, 1.82) is 0 Å². The van der Waals surface area contributed by atoms with Crippen molar-refractivity contribution in [3.05, 3.63) is 24.3 Å². The van der Waals surface area contributed by atoms with E-state index in [1.807, 2.05) is 52.0 Å². The highest BCUT2D eigenvalue weighted by molar-refractivity contribution is 5.41. The predicted octanol–water partition coefficient (Wildman–Crippen LogP) is 3.42. The second-order valence-electron chi connectivity index (χ2n) is 4.23. The van der Waals surface area contributed by atoms with Crippen LogP contribution in [-0.4, -0.2) is 44.4 Å². The number of anilines is 1. The van der Waals surface area contributed by atoms with Crippen LogP contribution >= 0.6 is 0 Å². The first-order chi connectivity index (χ1) is 10.3. The molecule has 1 aliphatic rings. The third-order valence-electron chi connectivity index (χ3n) is 2.87. The number of rotatable bonds is 5. The summed E-state index contributed by atoms with van der Waals surface area (Å²) >= 11 is 0. The molecule has 2 N–H and O–H groups in total. The van der Waals surface area contributed by atoms with Gasteiger partial charge in [-0.25, -0.2) is 0 Å². The first kappa shape index (κ1) is 19.7. The summed E-state index contributed by atoms with van der Waals surface area (Å²) in [4.78, 5) is 2.41. The first-order valence-electron chi connectivity index (χ1n) is 8.13. The van der Waals surface area contributed by atoms with Crippen molar-refractivity contribution in [2.75, 3.05) is 45.2 Å². The van der Waals surface area contributed by atoms with E-state index in [1.54, 1.807) is 0 Å². The fourth-order valence-corrected chi connectivity index (χ4v) is 1.87. The highest BCUT2D eigenvalue weighted by Gasteiger charge is 2.09. The van der Waals surface area contributed by atoms with E-state index in [9.17, 15) is 0 Å². The molecule has 0 spiro atoms. The molecule has 1 aromatic carbocycles. The third-order valence-corrected chi connectivity index (χ3v) is 2.87. The summed E-state index contributed by atoms with van der Waals surface area (Å²) in [6.07, 6.45) is 1.05. The van der Waals surface area contributed by atoms with Gasteiger partial charge in [0.1, 0.15) is 5.75 Å². The van der Waals surface area contributed by atoms with Crippen LogP contribution in [0.15, 0.2) is 24.3 Å². The Hall–Kier alpha value is -1.26. The van der Waals surface area contributed by atoms with Crippen LogP contribution in [-0.2, 0) is 4.74 Å². The molecule has 1 saturated heterocycles. The summed E-state index contributed by atoms with van der Waals surface area (Å²) in [5.74, 6) is 0.890. The van der Waals surface area contributed by atoms with Crippen LogP contribution in [0.4, 0.5) is 5.69 Å². The normalized spacial score (nSPS) is 14.3. The van der Waals surface area contributed by atoms with Crippen molar-refractivity contribution in [2.45, 2.75) is 34.1 Å². The lowest BCUT2D eigenvalue weighted by Crippen LogP contribution is -2.37. The van der Waals surface area contributed by atoms with Crippen molar-refractivity contribution >= 4 is 5.69 Å². The van der Waals surface area contributed by atoms with Crippen molar-refractivity contribution in [3.63, 3.8) is 0 Å². The molecule has 0 amide bonds. The minimum atomic E-state index is 0.751. The fraction of sp³-hybridized carbons (Fsp3) is 0.647. The minimum Gasteiger partial charge on any atom is -0.494 e. The van der Waals surface area contributed by atoms with Gasteiger partial charge in [-0.2, -0.15) is 0 Å². The van der Waals surface area contributed by atoms with Crippen LogP contribution < -0.4 is 10.5 Å². The zero-order valence-corrected chi connectivity index (χ0v) is 14.1. The Balaban J connectivity index is 0.000000921. The fourth-order valence-electron chi connectivity index (χ4n) is 1.87. The Labute approximate surface area is 130 Å². The van der Waals surface area contributed by atoms with Gasteiger partial charge in [0.25, 0.3) is 0 Å². The van der Waals surface area contributed by atoms with Crippen molar-refractivity contribution in [1.82, 2.24) is 4.90 Å². The van der Waals surface area contributed by atoms with Crippen LogP contribution in [0.5, 0.6) is 5.75 Å². The number of hydrogen-bond acceptors (Lipinski definition) is 4. The molecular formula is C17H32N2O2. The van der Waals surface area contributed by atoms with E-state index in [2.05, 4.69) is 4.90 Å². The van der Waals surface area contributed by atoms with E-state index in [0.717, 1.165) is 57.3 Å². The molecule has 4 heteroatoms. The molecule has 0 atom stereocenters. The Bertz CT molecular complexity index is 322. The Morgan fingerprint density at radius 2 is 1.62 bits per heavy atom. The van der Waals surface area contributed by atoms with E-state index < -0.39 is 0 Å². The molecule has 0 bridgehead atoms. The van der Waals surface area contributed by atoms with Crippen LogP contribution in [0.2, 0.25) is 0 Å². The minimum absolute atomic E-state index is 0.751. The van der Waals surface area contributed by atoms with E-state index in [0.29, 0.717) is 0 Å². The Kier molecular flexibility index (Phi) is 12.9. The highest BCUT2D eigenvalue weighted by Crippen LogP contribution is 2.13. The number of benzene rings is 1. The van der Waals surface area contributed by atoms with Crippen molar-refractivity contribution in [3.8, 4) is 5.75 Å². The lowest BCUT2D eigenvalue weighted by Gasteiger charge is -2.26. The number of morpholine rings is 1. The summed E-state index contributed by atoms with van der Waals surface area (Å²) in [6, 6.07) is 7.53. The highest BCUT2D eigenvalue weighted by atomic mass is 16.5. The zero-order chi connectivity index (χ0) is 15.9. The maximum Gasteiger partial charge on any atom is 0.119 e. The smallest absolute Gasteiger partial charge is 0.119 e. The van der Waals surface area contributed by atoms with Gasteiger partial charge in [-0.15, -0.1) is 0 Å². The number of nitrogens with two attached hydrogens (primary N) is 1. The molecule has 0 aliphatic carbocycles. The summed E-state index contributed by atoms with van der Waals surface area (Å²) in [6.45, 7) is 13.6. The molecule has 4 nitrogen and oxygen atoms in total. The average molecular weight is 296 g/mol. The lowest BCUT2D eigenvalue weighted by molar-refractivity contribution is 0.0358. The summed E-state index contributed by atoms with van der Waals surface area (Å²) < 4.78 is 10.9. The van der Waals surface area contributed by atoms with Crippen molar-refractivity contribution in [2.24, 2.45) is 0 Å². The molecule has 2 rings (SSSR count). The number of nitrogen functional groups attached to an aromatic ring is 1.